The Kier molecular flexibility index (Phi) is 16.2. The van der Waals surface area contributed by atoms with Gasteiger partial charge in [0.15, 0.2) is 0 Å². The summed E-state index contributed by atoms with van der Waals surface area (Å²) in [5.74, 6) is 2.09. The molecule has 1 unspecified atom stereocenters. The molecule has 0 amide bonds. The average Bonchev–Trinajstić information content (AvgIpc) is 2.44. The normalized spacial score (nSPS) is 13.2. The first-order valence-corrected chi connectivity index (χ1v) is 10.7. The number of hydrogen-bond acceptors (Lipinski definition) is 0. The van der Waals surface area contributed by atoms with Crippen molar-refractivity contribution in [3.8, 4) is 0 Å². The second-order valence-electron chi connectivity index (χ2n) is 6.54. The third kappa shape index (κ3) is 12.5. The molecule has 0 N–H and O–H groups in total. The molecule has 19 heavy (non-hydrogen) atoms. The Morgan fingerprint density at radius 2 is 1.00 bits per heavy atom. The van der Waals surface area contributed by atoms with Gasteiger partial charge in [0.25, 0.3) is 0 Å². The van der Waals surface area contributed by atoms with Gasteiger partial charge in [-0.3, -0.25) is 0 Å². The van der Waals surface area contributed by atoms with Crippen molar-refractivity contribution in [1.82, 2.24) is 0 Å². The van der Waals surface area contributed by atoms with E-state index in [1.165, 1.54) is 102 Å². The van der Waals surface area contributed by atoms with Gasteiger partial charge in [-0.2, -0.15) is 0 Å². The van der Waals surface area contributed by atoms with E-state index in [1.807, 2.05) is 0 Å². The van der Waals surface area contributed by atoms with Crippen LogP contribution in [0.3, 0.4) is 0 Å². The summed E-state index contributed by atoms with van der Waals surface area (Å²) in [5, 5.41) is 0. The Bertz CT molecular complexity index is 133. The van der Waals surface area contributed by atoms with Crippen molar-refractivity contribution in [2.24, 2.45) is 11.8 Å². The van der Waals surface area contributed by atoms with E-state index in [1.54, 1.807) is 6.42 Å². The molecule has 0 aromatic heterocycles. The fourth-order valence-electron chi connectivity index (χ4n) is 3.20. The van der Waals surface area contributed by atoms with Crippen LogP contribution in [0.15, 0.2) is 0 Å². The van der Waals surface area contributed by atoms with E-state index in [0.717, 1.165) is 11.8 Å². The molecule has 0 aliphatic heterocycles. The summed E-state index contributed by atoms with van der Waals surface area (Å²) in [6.07, 6.45) is 17.6. The van der Waals surface area contributed by atoms with Crippen LogP contribution in [-0.4, -0.2) is 27.9 Å². The molecule has 0 heterocycles. The van der Waals surface area contributed by atoms with Gasteiger partial charge >= 0.3 is 141 Å². The van der Waals surface area contributed by atoms with Crippen LogP contribution in [0.25, 0.3) is 0 Å². The van der Waals surface area contributed by atoms with E-state index in [0.29, 0.717) is 0 Å². The molecular formula is C18H37Na. The molecular weight excluding hydrogens is 239 g/mol. The van der Waals surface area contributed by atoms with E-state index in [2.05, 4.69) is 20.8 Å². The summed E-state index contributed by atoms with van der Waals surface area (Å²) < 4.78 is 1.51. The average molecular weight is 276 g/mol. The Balaban J connectivity index is 4.16. The third-order valence-corrected chi connectivity index (χ3v) is 5.24. The minimum atomic E-state index is 1.04. The molecule has 0 rings (SSSR count). The molecule has 1 atom stereocenters. The zero-order chi connectivity index (χ0) is 14.3. The van der Waals surface area contributed by atoms with Crippen LogP contribution in [0, 0.1) is 11.8 Å². The van der Waals surface area contributed by atoms with E-state index < -0.39 is 0 Å². The molecule has 0 bridgehead atoms. The third-order valence-electron chi connectivity index (χ3n) is 4.53. The second-order valence-corrected chi connectivity index (χ2v) is 7.54. The zero-order valence-electron chi connectivity index (χ0n) is 14.3. The Morgan fingerprint density at radius 1 is 0.632 bits per heavy atom. The van der Waals surface area contributed by atoms with Gasteiger partial charge in [-0.1, -0.05) is 0 Å². The second kappa shape index (κ2) is 15.4. The molecule has 0 saturated carbocycles. The maximum atomic E-state index is 2.34. The molecule has 110 valence electrons. The van der Waals surface area contributed by atoms with Crippen molar-refractivity contribution in [3.63, 3.8) is 0 Å². The quantitative estimate of drug-likeness (QED) is 0.316. The van der Waals surface area contributed by atoms with Crippen molar-refractivity contribution in [3.05, 3.63) is 0 Å². The number of unbranched alkanes of at least 4 members (excludes halogenated alkanes) is 3. The summed E-state index contributed by atoms with van der Waals surface area (Å²) in [6.45, 7) is 7.02. The fourth-order valence-corrected chi connectivity index (χ4v) is 3.61. The van der Waals surface area contributed by atoms with Gasteiger partial charge in [0.1, 0.15) is 0 Å². The number of hydrogen-bond donors (Lipinski definition) is 0. The Hall–Kier alpha value is 1.00. The van der Waals surface area contributed by atoms with Crippen molar-refractivity contribution < 1.29 is 0 Å². The maximum absolute atomic E-state index is 2.34. The van der Waals surface area contributed by atoms with E-state index >= 15 is 0 Å². The van der Waals surface area contributed by atoms with Crippen LogP contribution in [0.1, 0.15) is 97.8 Å². The first kappa shape index (κ1) is 20.0. The monoisotopic (exact) mass is 276 g/mol. The van der Waals surface area contributed by atoms with Crippen LogP contribution >= 0.6 is 0 Å². The van der Waals surface area contributed by atoms with Gasteiger partial charge in [-0.15, -0.1) is 0 Å². The molecule has 0 aromatic rings. The van der Waals surface area contributed by atoms with Crippen LogP contribution in [0.2, 0.25) is 3.67 Å². The van der Waals surface area contributed by atoms with Gasteiger partial charge in [0.05, 0.1) is 0 Å². The van der Waals surface area contributed by atoms with Crippen LogP contribution < -0.4 is 0 Å². The molecule has 0 aliphatic carbocycles. The van der Waals surface area contributed by atoms with Gasteiger partial charge in [0.2, 0.25) is 0 Å². The van der Waals surface area contributed by atoms with Gasteiger partial charge in [-0.05, 0) is 0 Å². The fraction of sp³-hybridized carbons (Fsp3) is 1.00. The van der Waals surface area contributed by atoms with E-state index in [-0.39, 0.29) is 0 Å². The van der Waals surface area contributed by atoms with Crippen molar-refractivity contribution >= 4 is 27.9 Å². The predicted octanol–water partition coefficient (Wildman–Crippen LogP) is 6.55. The summed E-state index contributed by atoms with van der Waals surface area (Å²) in [4.78, 5) is 0. The minimum absolute atomic E-state index is 1.04. The first-order valence-electron chi connectivity index (χ1n) is 9.28. The van der Waals surface area contributed by atoms with Crippen LogP contribution in [-0.2, 0) is 0 Å². The molecule has 0 aliphatic rings. The zero-order valence-corrected chi connectivity index (χ0v) is 16.3. The molecule has 0 saturated heterocycles. The summed E-state index contributed by atoms with van der Waals surface area (Å²) in [7, 11) is 0. The van der Waals surface area contributed by atoms with Crippen LogP contribution in [0.4, 0.5) is 0 Å². The van der Waals surface area contributed by atoms with Gasteiger partial charge in [0, 0.05) is 0 Å². The Morgan fingerprint density at radius 3 is 1.32 bits per heavy atom. The summed E-state index contributed by atoms with van der Waals surface area (Å²) >= 11 is 1.40. The number of rotatable bonds is 14. The first-order chi connectivity index (χ1) is 9.28. The standard InChI is InChI=1S/C18H37.Na/c1-5-9-13-17(12-8-4)16-18(14-10-6-2)15-11-7-3;/h17-18H,4-16H2,1-3H3;. The topological polar surface area (TPSA) is 0 Å². The van der Waals surface area contributed by atoms with E-state index in [9.17, 15) is 0 Å². The molecule has 0 fully saturated rings. The molecule has 1 heteroatoms. The molecule has 0 spiro atoms. The van der Waals surface area contributed by atoms with Crippen molar-refractivity contribution in [1.29, 1.82) is 0 Å². The SMILES string of the molecule is CCCCC(CCCC)CC(CCCC)CC[CH2][Na]. The predicted molar refractivity (Wildman–Crippen MR) is 90.0 cm³/mol. The summed E-state index contributed by atoms with van der Waals surface area (Å²) in [6, 6.07) is 0. The van der Waals surface area contributed by atoms with Crippen LogP contribution in [0.5, 0.6) is 0 Å². The molecule has 0 aromatic carbocycles. The van der Waals surface area contributed by atoms with Gasteiger partial charge < -0.3 is 0 Å². The molecule has 0 nitrogen and oxygen atoms in total. The Labute approximate surface area is 140 Å². The van der Waals surface area contributed by atoms with Crippen molar-refractivity contribution in [2.75, 3.05) is 0 Å². The van der Waals surface area contributed by atoms with Gasteiger partial charge in [-0.25, -0.2) is 0 Å². The van der Waals surface area contributed by atoms with Crippen molar-refractivity contribution in [2.45, 2.75) is 101 Å². The summed E-state index contributed by atoms with van der Waals surface area (Å²) in [5.41, 5.74) is 0. The molecule has 0 radical (unpaired) electrons. The van der Waals surface area contributed by atoms with E-state index in [4.69, 9.17) is 0 Å².